The Morgan fingerprint density at radius 3 is 2.73 bits per heavy atom. The fourth-order valence-corrected chi connectivity index (χ4v) is 5.85. The molecule has 1 N–H and O–H groups in total. The predicted octanol–water partition coefficient (Wildman–Crippen LogP) is 3.57. The summed E-state index contributed by atoms with van der Waals surface area (Å²) >= 11 is 6.33. The largest absolute Gasteiger partial charge is 0.480 e. The number of rotatable bonds is 7. The van der Waals surface area contributed by atoms with Gasteiger partial charge < -0.3 is 33.7 Å². The number of hydrogen-bond acceptors (Lipinski definition) is 9. The quantitative estimate of drug-likeness (QED) is 0.438. The molecule has 0 saturated carbocycles. The zero-order chi connectivity index (χ0) is 28.9. The van der Waals surface area contributed by atoms with Crippen LogP contribution in [0.1, 0.15) is 25.6 Å². The average Bonchev–Trinajstić information content (AvgIpc) is 3.55. The van der Waals surface area contributed by atoms with Crippen LogP contribution in [0.25, 0.3) is 11.4 Å². The van der Waals surface area contributed by atoms with Gasteiger partial charge in [-0.1, -0.05) is 11.6 Å². The Balaban J connectivity index is 1.30. The lowest BCUT2D eigenvalue weighted by Crippen LogP contribution is -2.68. The maximum atomic E-state index is 13.8. The van der Waals surface area contributed by atoms with E-state index in [9.17, 15) is 18.7 Å². The Kier molecular flexibility index (Phi) is 7.20. The maximum absolute atomic E-state index is 13.8. The summed E-state index contributed by atoms with van der Waals surface area (Å²) in [5, 5.41) is 10.5. The fraction of sp³-hybridized carbons (Fsp3) is 0.481. The SMILES string of the molecule is C[C@@H]1N(c2cc(Cl)cnc2O[C@H]2C[C@@H](C(=O)O)N(c3cc(-c4cccn4C)nc(C(F)F)n3)C2)CCOC12COC2. The molecule has 0 amide bonds. The van der Waals surface area contributed by atoms with Crippen LogP contribution in [0.4, 0.5) is 20.3 Å². The van der Waals surface area contributed by atoms with E-state index in [0.29, 0.717) is 48.6 Å². The number of aliphatic carboxylic acids is 1. The van der Waals surface area contributed by atoms with Gasteiger partial charge in [-0.3, -0.25) is 0 Å². The van der Waals surface area contributed by atoms with Crippen LogP contribution in [0.15, 0.2) is 36.7 Å². The molecule has 41 heavy (non-hydrogen) atoms. The van der Waals surface area contributed by atoms with E-state index in [0.717, 1.165) is 0 Å². The first-order chi connectivity index (χ1) is 19.6. The number of carbonyl (C=O) groups is 1. The third-order valence-corrected chi connectivity index (χ3v) is 8.21. The smallest absolute Gasteiger partial charge is 0.326 e. The van der Waals surface area contributed by atoms with Crippen molar-refractivity contribution in [1.29, 1.82) is 0 Å². The van der Waals surface area contributed by atoms with Crippen LogP contribution in [0, 0.1) is 0 Å². The van der Waals surface area contributed by atoms with E-state index in [4.69, 9.17) is 25.8 Å². The minimum Gasteiger partial charge on any atom is -0.480 e. The number of nitrogens with zero attached hydrogens (tertiary/aromatic N) is 6. The van der Waals surface area contributed by atoms with Crippen LogP contribution in [-0.2, 0) is 21.3 Å². The molecule has 3 aromatic heterocycles. The number of alkyl halides is 2. The Hall–Kier alpha value is -3.55. The Bertz CT molecular complexity index is 1450. The highest BCUT2D eigenvalue weighted by Crippen LogP contribution is 2.40. The van der Waals surface area contributed by atoms with Gasteiger partial charge in [0, 0.05) is 38.5 Å². The molecule has 3 aromatic rings. The summed E-state index contributed by atoms with van der Waals surface area (Å²) < 4.78 is 47.2. The molecule has 0 radical (unpaired) electrons. The third-order valence-electron chi connectivity index (χ3n) is 8.00. The molecule has 6 rings (SSSR count). The minimum absolute atomic E-state index is 0.0517. The normalized spacial score (nSPS) is 23.7. The van der Waals surface area contributed by atoms with Crippen molar-refractivity contribution in [1.82, 2.24) is 19.5 Å². The summed E-state index contributed by atoms with van der Waals surface area (Å²) in [5.41, 5.74) is 1.10. The standard InChI is InChI=1S/C27H29ClF2N6O5/c1-15-27(13-39-14-27)40-7-6-35(15)20-8-16(28)11-31-25(20)41-17-9-21(26(37)38)36(12-17)22-10-18(19-4-3-5-34(19)2)32-24(33-22)23(29)30/h3-5,8,10-11,15,17,21,23H,6-7,9,12-14H2,1-2H3,(H,37,38)/t15-,17-,21-/m0/s1. The molecular weight excluding hydrogens is 562 g/mol. The predicted molar refractivity (Wildman–Crippen MR) is 145 cm³/mol. The Morgan fingerprint density at radius 1 is 1.27 bits per heavy atom. The lowest BCUT2D eigenvalue weighted by atomic mass is 9.90. The summed E-state index contributed by atoms with van der Waals surface area (Å²) in [6.45, 7) is 4.16. The number of ether oxygens (including phenoxy) is 3. The number of hydrogen-bond donors (Lipinski definition) is 1. The molecule has 11 nitrogen and oxygen atoms in total. The zero-order valence-electron chi connectivity index (χ0n) is 22.4. The molecule has 0 unspecified atom stereocenters. The van der Waals surface area contributed by atoms with Crippen LogP contribution in [0.2, 0.25) is 5.02 Å². The Labute approximate surface area is 239 Å². The van der Waals surface area contributed by atoms with Gasteiger partial charge >= 0.3 is 5.97 Å². The summed E-state index contributed by atoms with van der Waals surface area (Å²) in [6, 6.07) is 5.70. The van der Waals surface area contributed by atoms with Crippen LogP contribution < -0.4 is 14.5 Å². The van der Waals surface area contributed by atoms with Gasteiger partial charge in [0.05, 0.1) is 48.8 Å². The first-order valence-corrected chi connectivity index (χ1v) is 13.6. The minimum atomic E-state index is -2.94. The van der Waals surface area contributed by atoms with Gasteiger partial charge in [-0.15, -0.1) is 0 Å². The number of carboxylic acid groups (broad SMARTS) is 1. The summed E-state index contributed by atoms with van der Waals surface area (Å²) in [6.07, 6.45) is -0.231. The highest BCUT2D eigenvalue weighted by Gasteiger charge is 2.50. The third kappa shape index (κ3) is 5.06. The highest BCUT2D eigenvalue weighted by molar-refractivity contribution is 6.30. The van der Waals surface area contributed by atoms with Crippen molar-refractivity contribution in [2.45, 2.75) is 43.6 Å². The molecule has 3 atom stereocenters. The van der Waals surface area contributed by atoms with Gasteiger partial charge in [0.2, 0.25) is 5.88 Å². The molecule has 3 saturated heterocycles. The molecule has 3 fully saturated rings. The maximum Gasteiger partial charge on any atom is 0.326 e. The molecule has 3 aliphatic rings. The van der Waals surface area contributed by atoms with E-state index in [-0.39, 0.29) is 30.5 Å². The van der Waals surface area contributed by atoms with Crippen molar-refractivity contribution >= 4 is 29.1 Å². The van der Waals surface area contributed by atoms with Crippen molar-refractivity contribution in [2.75, 3.05) is 42.7 Å². The summed E-state index contributed by atoms with van der Waals surface area (Å²) in [5.74, 6) is -1.41. The fourth-order valence-electron chi connectivity index (χ4n) is 5.70. The number of halogens is 3. The molecule has 1 spiro atoms. The van der Waals surface area contributed by atoms with E-state index in [2.05, 4.69) is 19.9 Å². The highest BCUT2D eigenvalue weighted by atomic mass is 35.5. The topological polar surface area (TPSA) is 115 Å². The van der Waals surface area contributed by atoms with Gasteiger partial charge in [0.25, 0.3) is 6.43 Å². The van der Waals surface area contributed by atoms with Crippen molar-refractivity contribution in [3.8, 4) is 17.3 Å². The molecule has 0 aromatic carbocycles. The lowest BCUT2D eigenvalue weighted by Gasteiger charge is -2.53. The molecule has 0 bridgehead atoms. The van der Waals surface area contributed by atoms with E-state index >= 15 is 0 Å². The second-order valence-electron chi connectivity index (χ2n) is 10.5. The van der Waals surface area contributed by atoms with Gasteiger partial charge in [0.1, 0.15) is 29.3 Å². The van der Waals surface area contributed by atoms with Crippen LogP contribution in [0.3, 0.4) is 0 Å². The zero-order valence-corrected chi connectivity index (χ0v) is 23.2. The molecule has 6 heterocycles. The molecule has 14 heteroatoms. The van der Waals surface area contributed by atoms with E-state index in [1.165, 1.54) is 17.2 Å². The van der Waals surface area contributed by atoms with Gasteiger partial charge in [0.15, 0.2) is 5.82 Å². The number of morpholine rings is 1. The Morgan fingerprint density at radius 2 is 2.07 bits per heavy atom. The van der Waals surface area contributed by atoms with Gasteiger partial charge in [-0.2, -0.15) is 0 Å². The monoisotopic (exact) mass is 590 g/mol. The second kappa shape index (κ2) is 10.7. The lowest BCUT2D eigenvalue weighted by molar-refractivity contribution is -0.228. The number of aromatic nitrogens is 4. The van der Waals surface area contributed by atoms with Crippen molar-refractivity contribution in [2.24, 2.45) is 7.05 Å². The first kappa shape index (κ1) is 27.6. The summed E-state index contributed by atoms with van der Waals surface area (Å²) in [4.78, 5) is 28.4. The van der Waals surface area contributed by atoms with Crippen molar-refractivity contribution in [3.05, 3.63) is 47.5 Å². The van der Waals surface area contributed by atoms with Crippen LogP contribution in [-0.4, -0.2) is 87.3 Å². The molecule has 218 valence electrons. The van der Waals surface area contributed by atoms with Crippen molar-refractivity contribution < 1.29 is 32.9 Å². The molecule has 0 aliphatic carbocycles. The number of carboxylic acids is 1. The van der Waals surface area contributed by atoms with Crippen LogP contribution in [0.5, 0.6) is 5.88 Å². The second-order valence-corrected chi connectivity index (χ2v) is 10.9. The summed E-state index contributed by atoms with van der Waals surface area (Å²) in [7, 11) is 1.77. The molecular formula is C27H29ClF2N6O5. The average molecular weight is 591 g/mol. The van der Waals surface area contributed by atoms with Crippen LogP contribution >= 0.6 is 11.6 Å². The van der Waals surface area contributed by atoms with E-state index in [1.807, 2.05) is 6.92 Å². The first-order valence-electron chi connectivity index (χ1n) is 13.2. The number of pyridine rings is 1. The van der Waals surface area contributed by atoms with Gasteiger partial charge in [-0.05, 0) is 25.1 Å². The molecule has 3 aliphatic heterocycles. The van der Waals surface area contributed by atoms with Crippen molar-refractivity contribution in [3.63, 3.8) is 0 Å². The van der Waals surface area contributed by atoms with E-state index < -0.39 is 36.0 Å². The number of aryl methyl sites for hydroxylation is 1. The number of anilines is 2. The van der Waals surface area contributed by atoms with E-state index in [1.54, 1.807) is 36.0 Å². The van der Waals surface area contributed by atoms with Gasteiger partial charge in [-0.25, -0.2) is 28.5 Å².